The molecule has 0 aromatic carbocycles. The lowest BCUT2D eigenvalue weighted by Gasteiger charge is -2.24. The minimum atomic E-state index is 0.229. The Labute approximate surface area is 117 Å². The van der Waals surface area contributed by atoms with Gasteiger partial charge < -0.3 is 10.6 Å². The summed E-state index contributed by atoms with van der Waals surface area (Å²) < 4.78 is 0. The second-order valence-electron chi connectivity index (χ2n) is 5.99. The molecule has 110 valence electrons. The van der Waals surface area contributed by atoms with Crippen LogP contribution in [0.3, 0.4) is 0 Å². The average molecular weight is 267 g/mol. The van der Waals surface area contributed by atoms with E-state index in [-0.39, 0.29) is 5.91 Å². The highest BCUT2D eigenvalue weighted by atomic mass is 16.2. The fraction of sp³-hybridized carbons (Fsp3) is 0.933. The van der Waals surface area contributed by atoms with Crippen LogP contribution in [0.1, 0.15) is 51.4 Å². The van der Waals surface area contributed by atoms with Crippen LogP contribution in [0.2, 0.25) is 0 Å². The summed E-state index contributed by atoms with van der Waals surface area (Å²) in [5.74, 6) is 0.229. The number of carbonyl (C=O) groups is 1. The highest BCUT2D eigenvalue weighted by Crippen LogP contribution is 2.17. The van der Waals surface area contributed by atoms with E-state index in [1.165, 1.54) is 44.9 Å². The SMILES string of the molecule is O=C(CN1CCCNCC1)NC1CCCCCCC1. The molecule has 0 atom stereocenters. The molecule has 2 fully saturated rings. The Morgan fingerprint density at radius 1 is 1.00 bits per heavy atom. The molecule has 0 spiro atoms. The van der Waals surface area contributed by atoms with Gasteiger partial charge in [0.1, 0.15) is 0 Å². The third-order valence-electron chi connectivity index (χ3n) is 4.27. The number of hydrogen-bond acceptors (Lipinski definition) is 3. The lowest BCUT2D eigenvalue weighted by molar-refractivity contribution is -0.123. The third-order valence-corrected chi connectivity index (χ3v) is 4.27. The molecule has 19 heavy (non-hydrogen) atoms. The highest BCUT2D eigenvalue weighted by molar-refractivity contribution is 5.78. The van der Waals surface area contributed by atoms with E-state index >= 15 is 0 Å². The molecule has 2 rings (SSSR count). The van der Waals surface area contributed by atoms with E-state index in [4.69, 9.17) is 0 Å². The Bertz CT molecular complexity index is 254. The molecule has 0 unspecified atom stereocenters. The standard InChI is InChI=1S/C15H29N3O/c19-15(13-18-11-6-9-16-10-12-18)17-14-7-4-2-1-3-5-8-14/h14,16H,1-13H2,(H,17,19). The molecule has 4 heteroatoms. The number of carbonyl (C=O) groups excluding carboxylic acids is 1. The molecular weight excluding hydrogens is 238 g/mol. The maximum Gasteiger partial charge on any atom is 0.234 e. The summed E-state index contributed by atoms with van der Waals surface area (Å²) in [6.07, 6.45) is 10.1. The minimum Gasteiger partial charge on any atom is -0.352 e. The molecule has 0 bridgehead atoms. The van der Waals surface area contributed by atoms with Crippen molar-refractivity contribution in [3.8, 4) is 0 Å². The first kappa shape index (κ1) is 14.8. The summed E-state index contributed by atoms with van der Waals surface area (Å²) in [6.45, 7) is 4.72. The maximum atomic E-state index is 12.1. The van der Waals surface area contributed by atoms with E-state index in [1.54, 1.807) is 0 Å². The zero-order valence-electron chi connectivity index (χ0n) is 12.1. The smallest absolute Gasteiger partial charge is 0.234 e. The van der Waals surface area contributed by atoms with Crippen molar-refractivity contribution in [2.75, 3.05) is 32.7 Å². The number of hydrogen-bond donors (Lipinski definition) is 2. The van der Waals surface area contributed by atoms with Gasteiger partial charge in [-0.1, -0.05) is 32.1 Å². The van der Waals surface area contributed by atoms with Gasteiger partial charge in [0.15, 0.2) is 0 Å². The number of nitrogens with one attached hydrogen (secondary N) is 2. The lowest BCUT2D eigenvalue weighted by atomic mass is 9.97. The van der Waals surface area contributed by atoms with Gasteiger partial charge in [0.05, 0.1) is 6.54 Å². The van der Waals surface area contributed by atoms with Gasteiger partial charge in [0, 0.05) is 19.1 Å². The van der Waals surface area contributed by atoms with Crippen molar-refractivity contribution < 1.29 is 4.79 Å². The molecule has 1 saturated carbocycles. The summed E-state index contributed by atoms with van der Waals surface area (Å²) in [7, 11) is 0. The first-order valence-corrected chi connectivity index (χ1v) is 8.07. The fourth-order valence-corrected chi connectivity index (χ4v) is 3.14. The Kier molecular flexibility index (Phi) is 6.65. The van der Waals surface area contributed by atoms with Crippen LogP contribution in [0, 0.1) is 0 Å². The minimum absolute atomic E-state index is 0.229. The molecule has 2 N–H and O–H groups in total. The van der Waals surface area contributed by atoms with Crippen molar-refractivity contribution in [3.63, 3.8) is 0 Å². The van der Waals surface area contributed by atoms with E-state index < -0.39 is 0 Å². The summed E-state index contributed by atoms with van der Waals surface area (Å²) in [6, 6.07) is 0.429. The second-order valence-corrected chi connectivity index (χ2v) is 5.99. The topological polar surface area (TPSA) is 44.4 Å². The van der Waals surface area contributed by atoms with Gasteiger partial charge >= 0.3 is 0 Å². The maximum absolute atomic E-state index is 12.1. The number of nitrogens with zero attached hydrogens (tertiary/aromatic N) is 1. The van der Waals surface area contributed by atoms with Crippen LogP contribution in [-0.2, 0) is 4.79 Å². The molecule has 1 aliphatic carbocycles. The van der Waals surface area contributed by atoms with Gasteiger partial charge in [-0.05, 0) is 32.4 Å². The van der Waals surface area contributed by atoms with Gasteiger partial charge in [0.2, 0.25) is 5.91 Å². The molecule has 2 aliphatic rings. The molecule has 1 heterocycles. The molecule has 1 aliphatic heterocycles. The van der Waals surface area contributed by atoms with E-state index in [2.05, 4.69) is 15.5 Å². The Balaban J connectivity index is 1.69. The van der Waals surface area contributed by atoms with Gasteiger partial charge in [-0.2, -0.15) is 0 Å². The molecule has 1 amide bonds. The Morgan fingerprint density at radius 3 is 2.53 bits per heavy atom. The highest BCUT2D eigenvalue weighted by Gasteiger charge is 2.17. The van der Waals surface area contributed by atoms with E-state index in [0.717, 1.165) is 32.6 Å². The first-order chi connectivity index (χ1) is 9.34. The lowest BCUT2D eigenvalue weighted by Crippen LogP contribution is -2.43. The summed E-state index contributed by atoms with van der Waals surface area (Å²) in [5, 5.41) is 6.63. The van der Waals surface area contributed by atoms with Crippen molar-refractivity contribution in [1.82, 2.24) is 15.5 Å². The van der Waals surface area contributed by atoms with E-state index in [1.807, 2.05) is 0 Å². The monoisotopic (exact) mass is 267 g/mol. The quantitative estimate of drug-likeness (QED) is 0.815. The van der Waals surface area contributed by atoms with Crippen LogP contribution in [0.25, 0.3) is 0 Å². The fourth-order valence-electron chi connectivity index (χ4n) is 3.14. The van der Waals surface area contributed by atoms with Crippen LogP contribution in [0.4, 0.5) is 0 Å². The zero-order valence-corrected chi connectivity index (χ0v) is 12.1. The van der Waals surface area contributed by atoms with Crippen molar-refractivity contribution in [2.45, 2.75) is 57.4 Å². The normalized spacial score (nSPS) is 24.2. The first-order valence-electron chi connectivity index (χ1n) is 8.07. The Morgan fingerprint density at radius 2 is 1.74 bits per heavy atom. The van der Waals surface area contributed by atoms with Crippen LogP contribution in [0.5, 0.6) is 0 Å². The predicted octanol–water partition coefficient (Wildman–Crippen LogP) is 1.51. The molecule has 0 aromatic heterocycles. The number of amides is 1. The van der Waals surface area contributed by atoms with Crippen molar-refractivity contribution in [3.05, 3.63) is 0 Å². The van der Waals surface area contributed by atoms with Crippen LogP contribution >= 0.6 is 0 Å². The molecule has 1 saturated heterocycles. The number of rotatable bonds is 3. The van der Waals surface area contributed by atoms with Gasteiger partial charge in [0.25, 0.3) is 0 Å². The van der Waals surface area contributed by atoms with Crippen molar-refractivity contribution >= 4 is 5.91 Å². The van der Waals surface area contributed by atoms with Crippen molar-refractivity contribution in [1.29, 1.82) is 0 Å². The van der Waals surface area contributed by atoms with Crippen LogP contribution in [0.15, 0.2) is 0 Å². The largest absolute Gasteiger partial charge is 0.352 e. The predicted molar refractivity (Wildman–Crippen MR) is 78.2 cm³/mol. The Hall–Kier alpha value is -0.610. The second kappa shape index (κ2) is 8.54. The molecular formula is C15H29N3O. The van der Waals surface area contributed by atoms with Crippen LogP contribution in [-0.4, -0.2) is 49.6 Å². The van der Waals surface area contributed by atoms with Gasteiger partial charge in [-0.25, -0.2) is 0 Å². The van der Waals surface area contributed by atoms with E-state index in [9.17, 15) is 4.79 Å². The molecule has 0 radical (unpaired) electrons. The van der Waals surface area contributed by atoms with Crippen molar-refractivity contribution in [2.24, 2.45) is 0 Å². The van der Waals surface area contributed by atoms with Gasteiger partial charge in [-0.3, -0.25) is 9.69 Å². The van der Waals surface area contributed by atoms with Crippen LogP contribution < -0.4 is 10.6 Å². The van der Waals surface area contributed by atoms with Gasteiger partial charge in [-0.15, -0.1) is 0 Å². The molecule has 4 nitrogen and oxygen atoms in total. The summed E-state index contributed by atoms with van der Waals surface area (Å²) in [5.41, 5.74) is 0. The average Bonchev–Trinajstić information content (AvgIpc) is 2.61. The zero-order chi connectivity index (χ0) is 13.3. The summed E-state index contributed by atoms with van der Waals surface area (Å²) in [4.78, 5) is 14.4. The third kappa shape index (κ3) is 5.91. The summed E-state index contributed by atoms with van der Waals surface area (Å²) >= 11 is 0. The van der Waals surface area contributed by atoms with E-state index in [0.29, 0.717) is 12.6 Å². The molecule has 0 aromatic rings.